The third-order valence-electron chi connectivity index (χ3n) is 4.30. The van der Waals surface area contributed by atoms with Crippen LogP contribution in [0.1, 0.15) is 36.2 Å². The molecule has 24 heavy (non-hydrogen) atoms. The molecule has 2 rings (SSSR count). The molecule has 1 atom stereocenters. The molecule has 0 bridgehead atoms. The van der Waals surface area contributed by atoms with E-state index in [0.29, 0.717) is 5.69 Å². The minimum Gasteiger partial charge on any atom is -0.478 e. The van der Waals surface area contributed by atoms with Crippen molar-refractivity contribution in [1.82, 2.24) is 0 Å². The molecule has 1 amide bonds. The van der Waals surface area contributed by atoms with E-state index in [9.17, 15) is 14.7 Å². The first-order valence-electron chi connectivity index (χ1n) is 8.06. The summed E-state index contributed by atoms with van der Waals surface area (Å²) in [7, 11) is 1.69. The topological polar surface area (TPSA) is 57.6 Å². The molecule has 2 aromatic rings. The van der Waals surface area contributed by atoms with Gasteiger partial charge in [0.1, 0.15) is 0 Å². The van der Waals surface area contributed by atoms with Crippen LogP contribution >= 0.6 is 0 Å². The molecule has 1 N–H and O–H groups in total. The zero-order valence-corrected chi connectivity index (χ0v) is 14.5. The van der Waals surface area contributed by atoms with Crippen molar-refractivity contribution in [2.75, 3.05) is 11.9 Å². The molecule has 126 valence electrons. The zero-order chi connectivity index (χ0) is 17.9. The number of aromatic carboxylic acids is 1. The van der Waals surface area contributed by atoms with Gasteiger partial charge in [-0.05, 0) is 42.7 Å². The number of nitrogens with zero attached hydrogens (tertiary/aromatic N) is 1. The van der Waals surface area contributed by atoms with Crippen molar-refractivity contribution in [2.24, 2.45) is 5.92 Å². The monoisotopic (exact) mass is 325 g/mol. The molecule has 0 heterocycles. The Balaban J connectivity index is 2.50. The van der Waals surface area contributed by atoms with Crippen LogP contribution in [0.3, 0.4) is 0 Å². The maximum absolute atomic E-state index is 12.4. The predicted octanol–water partition coefficient (Wildman–Crippen LogP) is 4.37. The highest BCUT2D eigenvalue weighted by molar-refractivity contribution is 5.97. The van der Waals surface area contributed by atoms with Gasteiger partial charge < -0.3 is 10.0 Å². The second-order valence-corrected chi connectivity index (χ2v) is 6.15. The van der Waals surface area contributed by atoms with Crippen molar-refractivity contribution in [3.8, 4) is 11.1 Å². The molecule has 4 nitrogen and oxygen atoms in total. The molecule has 4 heteroatoms. The average Bonchev–Trinajstić information content (AvgIpc) is 2.59. The fraction of sp³-hybridized carbons (Fsp3) is 0.300. The zero-order valence-electron chi connectivity index (χ0n) is 14.5. The maximum atomic E-state index is 12.4. The summed E-state index contributed by atoms with van der Waals surface area (Å²) in [4.78, 5) is 25.4. The lowest BCUT2D eigenvalue weighted by molar-refractivity contribution is -0.121. The lowest BCUT2D eigenvalue weighted by Gasteiger charge is -2.22. The average molecular weight is 325 g/mol. The van der Waals surface area contributed by atoms with Crippen LogP contribution in [0.4, 0.5) is 5.69 Å². The quantitative estimate of drug-likeness (QED) is 0.888. The SMILES string of the molecule is CCC(C)C(=O)N(C)c1cc(C(=O)O)cc(-c2ccc(C)cc2)c1. The van der Waals surface area contributed by atoms with Gasteiger partial charge in [0.15, 0.2) is 0 Å². The summed E-state index contributed by atoms with van der Waals surface area (Å²) in [6.45, 7) is 5.84. The lowest BCUT2D eigenvalue weighted by Crippen LogP contribution is -2.31. The fourth-order valence-corrected chi connectivity index (χ4v) is 2.47. The number of carbonyl (C=O) groups is 2. The summed E-state index contributed by atoms with van der Waals surface area (Å²) >= 11 is 0. The van der Waals surface area contributed by atoms with Crippen molar-refractivity contribution >= 4 is 17.6 Å². The Labute approximate surface area is 142 Å². The second-order valence-electron chi connectivity index (χ2n) is 6.15. The van der Waals surface area contributed by atoms with Crippen molar-refractivity contribution in [3.05, 3.63) is 53.6 Å². The molecule has 0 saturated heterocycles. The Morgan fingerprint density at radius 2 is 1.71 bits per heavy atom. The summed E-state index contributed by atoms with van der Waals surface area (Å²) in [5.41, 5.74) is 3.61. The molecule has 1 unspecified atom stereocenters. The van der Waals surface area contributed by atoms with E-state index in [1.54, 1.807) is 19.2 Å². The maximum Gasteiger partial charge on any atom is 0.335 e. The van der Waals surface area contributed by atoms with E-state index in [0.717, 1.165) is 23.1 Å². The first kappa shape index (κ1) is 17.7. The predicted molar refractivity (Wildman–Crippen MR) is 96.4 cm³/mol. The largest absolute Gasteiger partial charge is 0.478 e. The lowest BCUT2D eigenvalue weighted by atomic mass is 10.00. The van der Waals surface area contributed by atoms with E-state index in [4.69, 9.17) is 0 Å². The summed E-state index contributed by atoms with van der Waals surface area (Å²) in [6.07, 6.45) is 0.743. The number of anilines is 1. The summed E-state index contributed by atoms with van der Waals surface area (Å²) in [5.74, 6) is -1.13. The number of carbonyl (C=O) groups excluding carboxylic acids is 1. The fourth-order valence-electron chi connectivity index (χ4n) is 2.47. The number of carboxylic acids is 1. The van der Waals surface area contributed by atoms with Crippen LogP contribution in [0.15, 0.2) is 42.5 Å². The van der Waals surface area contributed by atoms with E-state index in [1.165, 1.54) is 4.90 Å². The number of benzene rings is 2. The van der Waals surface area contributed by atoms with Crippen LogP contribution in [0.2, 0.25) is 0 Å². The number of hydrogen-bond acceptors (Lipinski definition) is 2. The van der Waals surface area contributed by atoms with Gasteiger partial charge >= 0.3 is 5.97 Å². The van der Waals surface area contributed by atoms with Gasteiger partial charge in [-0.2, -0.15) is 0 Å². The van der Waals surface area contributed by atoms with Gasteiger partial charge in [0.2, 0.25) is 5.91 Å². The van der Waals surface area contributed by atoms with Gasteiger partial charge in [0.05, 0.1) is 5.56 Å². The van der Waals surface area contributed by atoms with Gasteiger partial charge in [-0.3, -0.25) is 4.79 Å². The highest BCUT2D eigenvalue weighted by atomic mass is 16.4. The van der Waals surface area contributed by atoms with Crippen molar-refractivity contribution in [3.63, 3.8) is 0 Å². The van der Waals surface area contributed by atoms with Crippen LogP contribution < -0.4 is 4.90 Å². The molecule has 0 spiro atoms. The third-order valence-corrected chi connectivity index (χ3v) is 4.30. The number of rotatable bonds is 5. The number of amides is 1. The Morgan fingerprint density at radius 3 is 2.25 bits per heavy atom. The highest BCUT2D eigenvalue weighted by Gasteiger charge is 2.19. The minimum atomic E-state index is -1.00. The first-order valence-corrected chi connectivity index (χ1v) is 8.06. The van der Waals surface area contributed by atoms with Gasteiger partial charge in [-0.25, -0.2) is 4.79 Å². The van der Waals surface area contributed by atoms with Gasteiger partial charge in [-0.15, -0.1) is 0 Å². The Bertz CT molecular complexity index is 750. The normalized spacial score (nSPS) is 11.8. The van der Waals surface area contributed by atoms with E-state index in [1.807, 2.05) is 51.1 Å². The van der Waals surface area contributed by atoms with Crippen molar-refractivity contribution < 1.29 is 14.7 Å². The van der Waals surface area contributed by atoms with E-state index < -0.39 is 5.97 Å². The molecule has 0 aliphatic carbocycles. The van der Waals surface area contributed by atoms with Crippen molar-refractivity contribution in [2.45, 2.75) is 27.2 Å². The first-order chi connectivity index (χ1) is 11.3. The van der Waals surface area contributed by atoms with E-state index >= 15 is 0 Å². The highest BCUT2D eigenvalue weighted by Crippen LogP contribution is 2.28. The van der Waals surface area contributed by atoms with Gasteiger partial charge in [0, 0.05) is 18.7 Å². The number of aryl methyl sites for hydroxylation is 1. The second kappa shape index (κ2) is 7.30. The molecular formula is C20H23NO3. The van der Waals surface area contributed by atoms with E-state index in [2.05, 4.69) is 0 Å². The Hall–Kier alpha value is -2.62. The molecule has 2 aromatic carbocycles. The van der Waals surface area contributed by atoms with Crippen LogP contribution in [0, 0.1) is 12.8 Å². The van der Waals surface area contributed by atoms with Crippen LogP contribution in [-0.2, 0) is 4.79 Å². The van der Waals surface area contributed by atoms with Crippen LogP contribution in [-0.4, -0.2) is 24.0 Å². The summed E-state index contributed by atoms with van der Waals surface area (Å²) in [5, 5.41) is 9.40. The number of carboxylic acid groups (broad SMARTS) is 1. The molecule has 0 aliphatic rings. The van der Waals surface area contributed by atoms with Crippen molar-refractivity contribution in [1.29, 1.82) is 0 Å². The molecule has 0 aliphatic heterocycles. The Morgan fingerprint density at radius 1 is 1.08 bits per heavy atom. The van der Waals surface area contributed by atoms with Crippen LogP contribution in [0.25, 0.3) is 11.1 Å². The van der Waals surface area contributed by atoms with E-state index in [-0.39, 0.29) is 17.4 Å². The van der Waals surface area contributed by atoms with Gasteiger partial charge in [0.25, 0.3) is 0 Å². The van der Waals surface area contributed by atoms with Gasteiger partial charge in [-0.1, -0.05) is 43.7 Å². The molecule has 0 saturated carbocycles. The molecule has 0 aromatic heterocycles. The summed E-state index contributed by atoms with van der Waals surface area (Å²) < 4.78 is 0. The molecule has 0 fully saturated rings. The van der Waals surface area contributed by atoms with Crippen LogP contribution in [0.5, 0.6) is 0 Å². The standard InChI is InChI=1S/C20H23NO3/c1-5-14(3)19(22)21(4)18-11-16(10-17(12-18)20(23)24)15-8-6-13(2)7-9-15/h6-12,14H,5H2,1-4H3,(H,23,24). The molecular weight excluding hydrogens is 302 g/mol. The number of hydrogen-bond donors (Lipinski definition) is 1. The minimum absolute atomic E-state index is 0.0186. The Kier molecular flexibility index (Phi) is 5.39. The third kappa shape index (κ3) is 3.82. The smallest absolute Gasteiger partial charge is 0.335 e. The molecule has 0 radical (unpaired) electrons. The summed E-state index contributed by atoms with van der Waals surface area (Å²) in [6, 6.07) is 12.9.